The number of nitrogens with two attached hydrogens (primary N) is 1. The van der Waals surface area contributed by atoms with Crippen molar-refractivity contribution < 1.29 is 19.1 Å². The standard InChI is InChI=1S/C28H36N6O4/c1-4-38-25(35)17-37-18-28(2,27(36)34-13-5-6-14-34)20-9-12-23-22(15-20)32-24(33(23)3)16-31-21-10-7-19(8-11-21)26(29)30/h7-12,15,31H,4-6,13-14,16-18H2,1-3H3,(H3,29,30). The van der Waals surface area contributed by atoms with Crippen LogP contribution in [0.25, 0.3) is 11.0 Å². The minimum absolute atomic E-state index is 0.00922. The maximum atomic E-state index is 13.7. The Balaban J connectivity index is 1.56. The number of amidine groups is 1. The minimum Gasteiger partial charge on any atom is -0.464 e. The number of imidazole rings is 1. The molecule has 1 saturated heterocycles. The lowest BCUT2D eigenvalue weighted by Crippen LogP contribution is -2.47. The summed E-state index contributed by atoms with van der Waals surface area (Å²) in [4.78, 5) is 32.2. The SMILES string of the molecule is CCOC(=O)COCC(C)(C(=O)N1CCCC1)c1ccc2c(c1)nc(CNc1ccc(C(=N)N)cc1)n2C. The van der Waals surface area contributed by atoms with Gasteiger partial charge in [0.1, 0.15) is 18.3 Å². The van der Waals surface area contributed by atoms with Gasteiger partial charge in [-0.05, 0) is 68.7 Å². The molecule has 2 heterocycles. The van der Waals surface area contributed by atoms with E-state index in [1.165, 1.54) is 0 Å². The van der Waals surface area contributed by atoms with Gasteiger partial charge in [-0.1, -0.05) is 6.07 Å². The Hall–Kier alpha value is -3.92. The molecule has 0 spiro atoms. The van der Waals surface area contributed by atoms with E-state index in [2.05, 4.69) is 5.32 Å². The van der Waals surface area contributed by atoms with E-state index in [1.807, 2.05) is 53.8 Å². The fourth-order valence-electron chi connectivity index (χ4n) is 4.78. The number of fused-ring (bicyclic) bond motifs is 1. The van der Waals surface area contributed by atoms with Gasteiger partial charge in [-0.3, -0.25) is 10.2 Å². The fourth-order valence-corrected chi connectivity index (χ4v) is 4.78. The number of amides is 1. The summed E-state index contributed by atoms with van der Waals surface area (Å²) in [6.45, 7) is 5.69. The molecule has 4 N–H and O–H groups in total. The Bertz CT molecular complexity index is 1310. The third-order valence-corrected chi connectivity index (χ3v) is 7.04. The zero-order valence-corrected chi connectivity index (χ0v) is 22.3. The zero-order valence-electron chi connectivity index (χ0n) is 22.3. The van der Waals surface area contributed by atoms with Crippen molar-refractivity contribution in [1.29, 1.82) is 5.41 Å². The summed E-state index contributed by atoms with van der Waals surface area (Å²) in [6.07, 6.45) is 1.97. The number of carbonyl (C=O) groups is 2. The van der Waals surface area contributed by atoms with E-state index in [-0.39, 0.29) is 31.6 Å². The average Bonchev–Trinajstić information content (AvgIpc) is 3.55. The molecule has 0 aliphatic carbocycles. The summed E-state index contributed by atoms with van der Waals surface area (Å²) in [5, 5.41) is 10.9. The number of anilines is 1. The lowest BCUT2D eigenvalue weighted by Gasteiger charge is -2.32. The number of ether oxygens (including phenoxy) is 2. The van der Waals surface area contributed by atoms with Gasteiger partial charge in [-0.25, -0.2) is 9.78 Å². The van der Waals surface area contributed by atoms with E-state index in [0.717, 1.165) is 54.0 Å². The van der Waals surface area contributed by atoms with E-state index < -0.39 is 11.4 Å². The summed E-state index contributed by atoms with van der Waals surface area (Å²) in [5.41, 5.74) is 8.65. The Kier molecular flexibility index (Phi) is 8.31. The van der Waals surface area contributed by atoms with E-state index in [1.54, 1.807) is 19.1 Å². The molecule has 0 bridgehead atoms. The van der Waals surface area contributed by atoms with Gasteiger partial charge in [-0.2, -0.15) is 0 Å². The summed E-state index contributed by atoms with van der Waals surface area (Å²) in [6, 6.07) is 13.2. The van der Waals surface area contributed by atoms with Crippen molar-refractivity contribution in [3.63, 3.8) is 0 Å². The molecule has 0 saturated carbocycles. The summed E-state index contributed by atoms with van der Waals surface area (Å²) in [7, 11) is 1.96. The van der Waals surface area contributed by atoms with Crippen molar-refractivity contribution in [3.8, 4) is 0 Å². The maximum Gasteiger partial charge on any atom is 0.332 e. The Labute approximate surface area is 222 Å². The van der Waals surface area contributed by atoms with Crippen LogP contribution in [0.1, 0.15) is 43.6 Å². The van der Waals surface area contributed by atoms with Crippen LogP contribution in [0, 0.1) is 5.41 Å². The number of hydrogen-bond acceptors (Lipinski definition) is 7. The zero-order chi connectivity index (χ0) is 27.3. The first-order valence-corrected chi connectivity index (χ1v) is 12.9. The number of nitrogens with zero attached hydrogens (tertiary/aromatic N) is 3. The van der Waals surface area contributed by atoms with Gasteiger partial charge in [0.05, 0.1) is 36.2 Å². The predicted octanol–water partition coefficient (Wildman–Crippen LogP) is 2.93. The van der Waals surface area contributed by atoms with E-state index >= 15 is 0 Å². The lowest BCUT2D eigenvalue weighted by molar-refractivity contribution is -0.151. The number of benzene rings is 2. The highest BCUT2D eigenvalue weighted by Crippen LogP contribution is 2.31. The topological polar surface area (TPSA) is 136 Å². The Morgan fingerprint density at radius 2 is 1.87 bits per heavy atom. The van der Waals surface area contributed by atoms with Crippen LogP contribution in [0.5, 0.6) is 0 Å². The third-order valence-electron chi connectivity index (χ3n) is 7.04. The van der Waals surface area contributed by atoms with E-state index in [0.29, 0.717) is 12.1 Å². The fraction of sp³-hybridized carbons (Fsp3) is 0.429. The molecule has 2 aromatic carbocycles. The number of likely N-dealkylation sites (tertiary alicyclic amines) is 1. The van der Waals surface area contributed by atoms with Crippen molar-refractivity contribution in [1.82, 2.24) is 14.5 Å². The molecule has 4 rings (SSSR count). The maximum absolute atomic E-state index is 13.7. The van der Waals surface area contributed by atoms with Crippen LogP contribution in [-0.2, 0) is 38.1 Å². The van der Waals surface area contributed by atoms with Crippen molar-refractivity contribution >= 4 is 34.4 Å². The number of aromatic nitrogens is 2. The first-order chi connectivity index (χ1) is 18.2. The first kappa shape index (κ1) is 27.1. The van der Waals surface area contributed by atoms with Crippen LogP contribution in [-0.4, -0.2) is 65.1 Å². The second kappa shape index (κ2) is 11.6. The lowest BCUT2D eigenvalue weighted by atomic mass is 9.81. The van der Waals surface area contributed by atoms with Gasteiger partial charge in [0.15, 0.2) is 0 Å². The van der Waals surface area contributed by atoms with Gasteiger partial charge >= 0.3 is 5.97 Å². The molecule has 1 fully saturated rings. The molecule has 1 aliphatic rings. The van der Waals surface area contributed by atoms with Crippen molar-refractivity contribution in [2.75, 3.05) is 38.2 Å². The molecule has 202 valence electrons. The van der Waals surface area contributed by atoms with Crippen LogP contribution >= 0.6 is 0 Å². The number of rotatable bonds is 11. The molecule has 1 atom stereocenters. The molecular formula is C28H36N6O4. The van der Waals surface area contributed by atoms with E-state index in [9.17, 15) is 9.59 Å². The molecular weight excluding hydrogens is 484 g/mol. The van der Waals surface area contributed by atoms with Gasteiger partial charge in [0.2, 0.25) is 5.91 Å². The van der Waals surface area contributed by atoms with Gasteiger partial charge in [0.25, 0.3) is 0 Å². The van der Waals surface area contributed by atoms with Crippen molar-refractivity contribution in [2.24, 2.45) is 12.8 Å². The monoisotopic (exact) mass is 520 g/mol. The summed E-state index contributed by atoms with van der Waals surface area (Å²) < 4.78 is 12.7. The second-order valence-corrected chi connectivity index (χ2v) is 9.76. The van der Waals surface area contributed by atoms with Gasteiger partial charge in [0, 0.05) is 31.4 Å². The van der Waals surface area contributed by atoms with Crippen molar-refractivity contribution in [3.05, 3.63) is 59.4 Å². The van der Waals surface area contributed by atoms with E-state index in [4.69, 9.17) is 25.6 Å². The molecule has 1 aliphatic heterocycles. The molecule has 1 amide bonds. The molecule has 10 heteroatoms. The van der Waals surface area contributed by atoms with Crippen LogP contribution in [0.15, 0.2) is 42.5 Å². The highest BCUT2D eigenvalue weighted by molar-refractivity contribution is 5.95. The molecule has 1 aromatic heterocycles. The van der Waals surface area contributed by atoms with Gasteiger partial charge < -0.3 is 30.0 Å². The molecule has 1 unspecified atom stereocenters. The number of hydrogen-bond donors (Lipinski definition) is 3. The number of carbonyl (C=O) groups excluding carboxylic acids is 2. The highest BCUT2D eigenvalue weighted by Gasteiger charge is 2.40. The number of esters is 1. The molecule has 0 radical (unpaired) electrons. The average molecular weight is 521 g/mol. The molecule has 38 heavy (non-hydrogen) atoms. The molecule has 10 nitrogen and oxygen atoms in total. The normalized spacial score (nSPS) is 14.9. The third kappa shape index (κ3) is 5.80. The number of nitrogens with one attached hydrogen (secondary N) is 2. The Morgan fingerprint density at radius 1 is 1.16 bits per heavy atom. The molecule has 3 aromatic rings. The van der Waals surface area contributed by atoms with Crippen LogP contribution < -0.4 is 11.1 Å². The van der Waals surface area contributed by atoms with Crippen LogP contribution in [0.3, 0.4) is 0 Å². The quantitative estimate of drug-likeness (QED) is 0.201. The Morgan fingerprint density at radius 3 is 2.53 bits per heavy atom. The summed E-state index contributed by atoms with van der Waals surface area (Å²) in [5.74, 6) is 0.407. The number of nitrogen functional groups attached to an aromatic ring is 1. The second-order valence-electron chi connectivity index (χ2n) is 9.76. The predicted molar refractivity (Wildman–Crippen MR) is 146 cm³/mol. The van der Waals surface area contributed by atoms with Gasteiger partial charge in [-0.15, -0.1) is 0 Å². The minimum atomic E-state index is -0.973. The van der Waals surface area contributed by atoms with Crippen LogP contribution in [0.4, 0.5) is 5.69 Å². The smallest absolute Gasteiger partial charge is 0.332 e. The highest BCUT2D eigenvalue weighted by atomic mass is 16.6. The van der Waals surface area contributed by atoms with Crippen LogP contribution in [0.2, 0.25) is 0 Å². The largest absolute Gasteiger partial charge is 0.464 e. The summed E-state index contributed by atoms with van der Waals surface area (Å²) >= 11 is 0. The number of aryl methyl sites for hydroxylation is 1. The van der Waals surface area contributed by atoms with Crippen molar-refractivity contribution in [2.45, 2.75) is 38.6 Å². The first-order valence-electron chi connectivity index (χ1n) is 12.9.